The van der Waals surface area contributed by atoms with E-state index < -0.39 is 0 Å². The van der Waals surface area contributed by atoms with Crippen LogP contribution in [0.5, 0.6) is 11.5 Å². The van der Waals surface area contributed by atoms with Crippen molar-refractivity contribution in [2.75, 3.05) is 32.8 Å². The van der Waals surface area contributed by atoms with Crippen LogP contribution in [0.3, 0.4) is 0 Å². The standard InChI is InChI=1S/C23H31N3O3/c1-3-28-21-9-8-19(15-22(21)29-4-2)23(27)25-16-18-10-13-26(14-11-18)17-20-7-5-6-12-24-20/h5-9,12,15,18H,3-4,10-11,13-14,16-17H2,1-2H3,(H,25,27). The highest BCUT2D eigenvalue weighted by atomic mass is 16.5. The van der Waals surface area contributed by atoms with Crippen molar-refractivity contribution in [3.8, 4) is 11.5 Å². The minimum absolute atomic E-state index is 0.0649. The first-order valence-electron chi connectivity index (χ1n) is 10.5. The molecular weight excluding hydrogens is 366 g/mol. The van der Waals surface area contributed by atoms with Crippen LogP contribution in [-0.4, -0.2) is 48.6 Å². The second-order valence-corrected chi connectivity index (χ2v) is 7.28. The van der Waals surface area contributed by atoms with Crippen LogP contribution >= 0.6 is 0 Å². The van der Waals surface area contributed by atoms with E-state index >= 15 is 0 Å². The molecule has 1 aromatic heterocycles. The molecule has 2 heterocycles. The number of carbonyl (C=O) groups is 1. The molecule has 2 aromatic rings. The van der Waals surface area contributed by atoms with E-state index in [4.69, 9.17) is 9.47 Å². The van der Waals surface area contributed by atoms with Gasteiger partial charge in [-0.2, -0.15) is 0 Å². The second kappa shape index (κ2) is 10.8. The van der Waals surface area contributed by atoms with Gasteiger partial charge in [-0.15, -0.1) is 0 Å². The van der Waals surface area contributed by atoms with E-state index in [0.29, 0.717) is 42.7 Å². The maximum atomic E-state index is 12.6. The molecule has 0 bridgehead atoms. The zero-order valence-electron chi connectivity index (χ0n) is 17.4. The molecule has 0 spiro atoms. The third-order valence-corrected chi connectivity index (χ3v) is 5.18. The van der Waals surface area contributed by atoms with Crippen LogP contribution < -0.4 is 14.8 Å². The molecule has 3 rings (SSSR count). The van der Waals surface area contributed by atoms with Crippen LogP contribution in [0.2, 0.25) is 0 Å². The van der Waals surface area contributed by atoms with Crippen molar-refractivity contribution in [1.82, 2.24) is 15.2 Å². The van der Waals surface area contributed by atoms with E-state index in [1.54, 1.807) is 18.2 Å². The first-order valence-corrected chi connectivity index (χ1v) is 10.5. The highest BCUT2D eigenvalue weighted by molar-refractivity contribution is 5.94. The van der Waals surface area contributed by atoms with E-state index in [2.05, 4.69) is 21.3 Å². The Kier molecular flexibility index (Phi) is 7.87. The number of hydrogen-bond acceptors (Lipinski definition) is 5. The third kappa shape index (κ3) is 6.19. The monoisotopic (exact) mass is 397 g/mol. The average molecular weight is 398 g/mol. The molecule has 0 unspecified atom stereocenters. The van der Waals surface area contributed by atoms with Crippen LogP contribution in [0.15, 0.2) is 42.6 Å². The Bertz CT molecular complexity index is 774. The number of likely N-dealkylation sites (tertiary alicyclic amines) is 1. The number of pyridine rings is 1. The lowest BCUT2D eigenvalue weighted by Crippen LogP contribution is -2.38. The van der Waals surface area contributed by atoms with Crippen molar-refractivity contribution in [3.63, 3.8) is 0 Å². The molecule has 0 radical (unpaired) electrons. The van der Waals surface area contributed by atoms with E-state index in [0.717, 1.165) is 38.2 Å². The number of aromatic nitrogens is 1. The lowest BCUT2D eigenvalue weighted by molar-refractivity contribution is 0.0934. The summed E-state index contributed by atoms with van der Waals surface area (Å²) in [5.41, 5.74) is 1.71. The predicted octanol–water partition coefficient (Wildman–Crippen LogP) is 3.52. The summed E-state index contributed by atoms with van der Waals surface area (Å²) in [5.74, 6) is 1.73. The van der Waals surface area contributed by atoms with Gasteiger partial charge in [0.05, 0.1) is 18.9 Å². The van der Waals surface area contributed by atoms with Crippen molar-refractivity contribution >= 4 is 5.91 Å². The molecule has 1 saturated heterocycles. The maximum Gasteiger partial charge on any atom is 0.251 e. The summed E-state index contributed by atoms with van der Waals surface area (Å²) in [6, 6.07) is 11.4. The van der Waals surface area contributed by atoms with Crippen LogP contribution in [0, 0.1) is 5.92 Å². The summed E-state index contributed by atoms with van der Waals surface area (Å²) in [7, 11) is 0. The van der Waals surface area contributed by atoms with Gasteiger partial charge in [0.15, 0.2) is 11.5 Å². The number of amides is 1. The van der Waals surface area contributed by atoms with E-state index in [1.165, 1.54) is 0 Å². The number of rotatable bonds is 9. The van der Waals surface area contributed by atoms with Gasteiger partial charge in [-0.25, -0.2) is 0 Å². The quantitative estimate of drug-likeness (QED) is 0.701. The Morgan fingerprint density at radius 1 is 1.10 bits per heavy atom. The molecule has 1 aliphatic heterocycles. The zero-order chi connectivity index (χ0) is 20.5. The van der Waals surface area contributed by atoms with Gasteiger partial charge in [0.1, 0.15) is 0 Å². The molecular formula is C23H31N3O3. The minimum atomic E-state index is -0.0649. The Morgan fingerprint density at radius 2 is 1.86 bits per heavy atom. The molecule has 29 heavy (non-hydrogen) atoms. The molecule has 6 nitrogen and oxygen atoms in total. The first kappa shape index (κ1) is 21.1. The molecule has 0 aliphatic carbocycles. The van der Waals surface area contributed by atoms with Gasteiger partial charge in [-0.05, 0) is 76.0 Å². The normalized spacial score (nSPS) is 15.1. The molecule has 1 aromatic carbocycles. The van der Waals surface area contributed by atoms with Crippen molar-refractivity contribution in [2.24, 2.45) is 5.92 Å². The van der Waals surface area contributed by atoms with E-state index in [-0.39, 0.29) is 5.91 Å². The van der Waals surface area contributed by atoms with Gasteiger partial charge in [0.25, 0.3) is 5.91 Å². The Hall–Kier alpha value is -2.60. The van der Waals surface area contributed by atoms with Gasteiger partial charge in [-0.1, -0.05) is 6.07 Å². The van der Waals surface area contributed by atoms with Gasteiger partial charge < -0.3 is 14.8 Å². The topological polar surface area (TPSA) is 63.7 Å². The number of carbonyl (C=O) groups excluding carboxylic acids is 1. The van der Waals surface area contributed by atoms with Gasteiger partial charge >= 0.3 is 0 Å². The van der Waals surface area contributed by atoms with Gasteiger partial charge in [0, 0.05) is 24.8 Å². The lowest BCUT2D eigenvalue weighted by atomic mass is 9.96. The molecule has 156 valence electrons. The Labute approximate surface area is 173 Å². The summed E-state index contributed by atoms with van der Waals surface area (Å²) in [5, 5.41) is 3.09. The summed E-state index contributed by atoms with van der Waals surface area (Å²) in [6.07, 6.45) is 4.01. The number of benzene rings is 1. The van der Waals surface area contributed by atoms with Gasteiger partial charge in [-0.3, -0.25) is 14.7 Å². The Balaban J connectivity index is 1.47. The predicted molar refractivity (Wildman–Crippen MR) is 113 cm³/mol. The van der Waals surface area contributed by atoms with Crippen molar-refractivity contribution < 1.29 is 14.3 Å². The first-order chi connectivity index (χ1) is 14.2. The number of piperidine rings is 1. The molecule has 6 heteroatoms. The van der Waals surface area contributed by atoms with Crippen LogP contribution in [0.1, 0.15) is 42.7 Å². The highest BCUT2D eigenvalue weighted by Crippen LogP contribution is 2.28. The minimum Gasteiger partial charge on any atom is -0.490 e. The fraction of sp³-hybridized carbons (Fsp3) is 0.478. The number of ether oxygens (including phenoxy) is 2. The van der Waals surface area contributed by atoms with E-state index in [1.807, 2.05) is 32.2 Å². The molecule has 0 atom stereocenters. The lowest BCUT2D eigenvalue weighted by Gasteiger charge is -2.31. The fourth-order valence-electron chi connectivity index (χ4n) is 3.60. The summed E-state index contributed by atoms with van der Waals surface area (Å²) in [4.78, 5) is 19.4. The van der Waals surface area contributed by atoms with E-state index in [9.17, 15) is 4.79 Å². The average Bonchev–Trinajstić information content (AvgIpc) is 2.75. The van der Waals surface area contributed by atoms with Crippen LogP contribution in [-0.2, 0) is 6.54 Å². The molecule has 1 fully saturated rings. The molecule has 1 N–H and O–H groups in total. The van der Waals surface area contributed by atoms with Crippen molar-refractivity contribution in [3.05, 3.63) is 53.9 Å². The summed E-state index contributed by atoms with van der Waals surface area (Å²) in [6.45, 7) is 8.61. The summed E-state index contributed by atoms with van der Waals surface area (Å²) < 4.78 is 11.2. The van der Waals surface area contributed by atoms with Crippen molar-refractivity contribution in [2.45, 2.75) is 33.2 Å². The molecule has 1 amide bonds. The molecule has 1 aliphatic rings. The highest BCUT2D eigenvalue weighted by Gasteiger charge is 2.20. The number of nitrogens with one attached hydrogen (secondary N) is 1. The SMILES string of the molecule is CCOc1ccc(C(=O)NCC2CCN(Cc3ccccn3)CC2)cc1OCC. The van der Waals surface area contributed by atoms with Crippen LogP contribution in [0.25, 0.3) is 0 Å². The number of hydrogen-bond donors (Lipinski definition) is 1. The Morgan fingerprint density at radius 3 is 2.55 bits per heavy atom. The number of nitrogens with zero attached hydrogens (tertiary/aromatic N) is 2. The second-order valence-electron chi connectivity index (χ2n) is 7.28. The smallest absolute Gasteiger partial charge is 0.251 e. The van der Waals surface area contributed by atoms with Gasteiger partial charge in [0.2, 0.25) is 0 Å². The fourth-order valence-corrected chi connectivity index (χ4v) is 3.60. The van der Waals surface area contributed by atoms with Crippen molar-refractivity contribution in [1.29, 1.82) is 0 Å². The zero-order valence-corrected chi connectivity index (χ0v) is 17.4. The largest absolute Gasteiger partial charge is 0.490 e. The third-order valence-electron chi connectivity index (χ3n) is 5.18. The summed E-state index contributed by atoms with van der Waals surface area (Å²) >= 11 is 0. The van der Waals surface area contributed by atoms with Crippen LogP contribution in [0.4, 0.5) is 0 Å². The molecule has 0 saturated carbocycles. The maximum absolute atomic E-state index is 12.6.